The van der Waals surface area contributed by atoms with Gasteiger partial charge >= 0.3 is 0 Å². The lowest BCUT2D eigenvalue weighted by molar-refractivity contribution is 1.32. The zero-order chi connectivity index (χ0) is 37.5. The highest BCUT2D eigenvalue weighted by atomic mass is 15.1. The van der Waals surface area contributed by atoms with Crippen molar-refractivity contribution in [3.63, 3.8) is 0 Å². The van der Waals surface area contributed by atoms with E-state index in [2.05, 4.69) is 217 Å². The van der Waals surface area contributed by atoms with Gasteiger partial charge in [-0.1, -0.05) is 164 Å². The van der Waals surface area contributed by atoms with Crippen LogP contribution in [-0.2, 0) is 0 Å². The Morgan fingerprint density at radius 3 is 1.47 bits per heavy atom. The van der Waals surface area contributed by atoms with Crippen LogP contribution >= 0.6 is 0 Å². The Morgan fingerprint density at radius 1 is 0.263 bits per heavy atom. The molecule has 0 amide bonds. The third-order valence-corrected chi connectivity index (χ3v) is 12.1. The SMILES string of the molecule is c1ccc(-c2ccc3cc4c(cc3c2)-c2cc3cc(N(c5cccc6ccccc56)c5c(-c6ccccc6)c6ccccc6c6ccccc56)ccc3cc2-4)cc1. The molecule has 11 aromatic carbocycles. The number of hydrogen-bond acceptors (Lipinski definition) is 1. The van der Waals surface area contributed by atoms with Crippen LogP contribution in [0.4, 0.5) is 17.1 Å². The molecule has 57 heavy (non-hydrogen) atoms. The van der Waals surface area contributed by atoms with Crippen molar-refractivity contribution in [1.82, 2.24) is 0 Å². The molecule has 0 atom stereocenters. The molecule has 0 radical (unpaired) electrons. The van der Waals surface area contributed by atoms with E-state index in [0.717, 1.165) is 11.4 Å². The van der Waals surface area contributed by atoms with Crippen LogP contribution in [0.15, 0.2) is 212 Å². The van der Waals surface area contributed by atoms with Gasteiger partial charge in [0.25, 0.3) is 0 Å². The minimum Gasteiger partial charge on any atom is -0.309 e. The molecule has 0 heterocycles. The molecule has 0 aliphatic heterocycles. The molecule has 0 aromatic heterocycles. The average molecular weight is 722 g/mol. The monoisotopic (exact) mass is 721 g/mol. The average Bonchev–Trinajstić information content (AvgIpc) is 3.28. The molecule has 0 spiro atoms. The highest BCUT2D eigenvalue weighted by Gasteiger charge is 2.27. The van der Waals surface area contributed by atoms with E-state index in [0.29, 0.717) is 0 Å². The second kappa shape index (κ2) is 12.5. The van der Waals surface area contributed by atoms with Crippen LogP contribution in [0.5, 0.6) is 0 Å². The standard InChI is InChI=1S/C56H35N/c1-3-14-36(15-4-1)39-26-27-40-32-50-51-33-41-28-29-44(31-43(41)35-53(51)52(50)34-42(40)30-39)57(54-25-13-19-37-16-7-8-20-45(37)54)56-49-24-12-10-22-47(49)46-21-9-11-23-48(46)55(56)38-17-5-2-6-18-38/h1-35H. The van der Waals surface area contributed by atoms with E-state index in [1.807, 2.05) is 0 Å². The molecule has 12 rings (SSSR count). The highest BCUT2D eigenvalue weighted by Crippen LogP contribution is 2.53. The first kappa shape index (κ1) is 31.8. The fourth-order valence-corrected chi connectivity index (χ4v) is 9.40. The van der Waals surface area contributed by atoms with Crippen molar-refractivity contribution in [2.45, 2.75) is 0 Å². The minimum atomic E-state index is 1.13. The van der Waals surface area contributed by atoms with Gasteiger partial charge in [-0.3, -0.25) is 0 Å². The van der Waals surface area contributed by atoms with Gasteiger partial charge in [0.1, 0.15) is 0 Å². The molecule has 0 N–H and O–H groups in total. The molecule has 0 saturated heterocycles. The summed E-state index contributed by atoms with van der Waals surface area (Å²) >= 11 is 0. The van der Waals surface area contributed by atoms with E-state index in [4.69, 9.17) is 0 Å². The van der Waals surface area contributed by atoms with Gasteiger partial charge in [-0.2, -0.15) is 0 Å². The third-order valence-electron chi connectivity index (χ3n) is 12.1. The smallest absolute Gasteiger partial charge is 0.0625 e. The Bertz CT molecular complexity index is 3390. The lowest BCUT2D eigenvalue weighted by Gasteiger charge is -2.32. The Kier molecular flexibility index (Phi) is 7.00. The maximum Gasteiger partial charge on any atom is 0.0625 e. The van der Waals surface area contributed by atoms with Crippen LogP contribution in [0.3, 0.4) is 0 Å². The Morgan fingerprint density at radius 2 is 0.772 bits per heavy atom. The molecule has 1 aliphatic rings. The molecule has 11 aromatic rings. The number of benzene rings is 11. The summed E-state index contributed by atoms with van der Waals surface area (Å²) in [6, 6.07) is 78.4. The normalized spacial score (nSPS) is 11.9. The van der Waals surface area contributed by atoms with Crippen LogP contribution in [0.25, 0.3) is 98.4 Å². The van der Waals surface area contributed by atoms with Crippen molar-refractivity contribution in [1.29, 1.82) is 0 Å². The minimum absolute atomic E-state index is 1.13. The summed E-state index contributed by atoms with van der Waals surface area (Å²) in [5, 5.41) is 12.4. The van der Waals surface area contributed by atoms with Crippen LogP contribution in [0.2, 0.25) is 0 Å². The second-order valence-corrected chi connectivity index (χ2v) is 15.3. The third kappa shape index (κ3) is 4.96. The van der Waals surface area contributed by atoms with E-state index < -0.39 is 0 Å². The lowest BCUT2D eigenvalue weighted by Crippen LogP contribution is -2.13. The Balaban J connectivity index is 1.10. The zero-order valence-electron chi connectivity index (χ0n) is 31.2. The summed E-state index contributed by atoms with van der Waals surface area (Å²) in [5.74, 6) is 0. The molecule has 0 fully saturated rings. The van der Waals surface area contributed by atoms with E-state index in [1.54, 1.807) is 0 Å². The topological polar surface area (TPSA) is 3.24 Å². The van der Waals surface area contributed by atoms with Gasteiger partial charge in [0.05, 0.1) is 11.4 Å². The Labute approximate surface area is 331 Å². The van der Waals surface area contributed by atoms with Crippen LogP contribution in [-0.4, -0.2) is 0 Å². The van der Waals surface area contributed by atoms with E-state index in [9.17, 15) is 0 Å². The van der Waals surface area contributed by atoms with Gasteiger partial charge < -0.3 is 4.90 Å². The van der Waals surface area contributed by atoms with Gasteiger partial charge in [0.15, 0.2) is 0 Å². The summed E-state index contributed by atoms with van der Waals surface area (Å²) in [6.07, 6.45) is 0. The zero-order valence-corrected chi connectivity index (χ0v) is 31.2. The van der Waals surface area contributed by atoms with Crippen molar-refractivity contribution < 1.29 is 0 Å². The van der Waals surface area contributed by atoms with Gasteiger partial charge in [0.2, 0.25) is 0 Å². The van der Waals surface area contributed by atoms with E-state index in [-0.39, 0.29) is 0 Å². The summed E-state index contributed by atoms with van der Waals surface area (Å²) in [4.78, 5) is 2.53. The van der Waals surface area contributed by atoms with Gasteiger partial charge in [-0.05, 0) is 131 Å². The quantitative estimate of drug-likeness (QED) is 0.160. The summed E-state index contributed by atoms with van der Waals surface area (Å²) in [6.45, 7) is 0. The summed E-state index contributed by atoms with van der Waals surface area (Å²) < 4.78 is 0. The number of anilines is 3. The first-order valence-electron chi connectivity index (χ1n) is 19.8. The molecule has 1 aliphatic carbocycles. The number of fused-ring (bicyclic) bond motifs is 10. The maximum atomic E-state index is 2.53. The summed E-state index contributed by atoms with van der Waals surface area (Å²) in [5.41, 5.74) is 13.7. The van der Waals surface area contributed by atoms with Gasteiger partial charge in [-0.25, -0.2) is 0 Å². The predicted octanol–water partition coefficient (Wildman–Crippen LogP) is 15.9. The number of nitrogens with zero attached hydrogens (tertiary/aromatic N) is 1. The first-order valence-corrected chi connectivity index (χ1v) is 19.8. The first-order chi connectivity index (χ1) is 28.3. The van der Waals surface area contributed by atoms with Crippen LogP contribution in [0, 0.1) is 0 Å². The van der Waals surface area contributed by atoms with Crippen molar-refractivity contribution in [2.75, 3.05) is 4.90 Å². The molecule has 264 valence electrons. The molecule has 1 nitrogen and oxygen atoms in total. The fraction of sp³-hybridized carbons (Fsp3) is 0. The molecular formula is C56H35N. The van der Waals surface area contributed by atoms with Gasteiger partial charge in [-0.15, -0.1) is 0 Å². The second-order valence-electron chi connectivity index (χ2n) is 15.3. The highest BCUT2D eigenvalue weighted by molar-refractivity contribution is 6.23. The van der Waals surface area contributed by atoms with Crippen molar-refractivity contribution in [3.05, 3.63) is 212 Å². The predicted molar refractivity (Wildman–Crippen MR) is 244 cm³/mol. The number of rotatable bonds is 5. The molecule has 1 heteroatoms. The molecule has 0 saturated carbocycles. The lowest BCUT2D eigenvalue weighted by atomic mass is 9.77. The fourth-order valence-electron chi connectivity index (χ4n) is 9.40. The Hall–Kier alpha value is -7.48. The van der Waals surface area contributed by atoms with Crippen LogP contribution in [0.1, 0.15) is 0 Å². The van der Waals surface area contributed by atoms with Gasteiger partial charge in [0, 0.05) is 22.0 Å². The van der Waals surface area contributed by atoms with Crippen LogP contribution < -0.4 is 4.90 Å². The summed E-state index contributed by atoms with van der Waals surface area (Å²) in [7, 11) is 0. The molecule has 0 unspecified atom stereocenters. The largest absolute Gasteiger partial charge is 0.309 e. The van der Waals surface area contributed by atoms with E-state index >= 15 is 0 Å². The number of hydrogen-bond donors (Lipinski definition) is 0. The molecular weight excluding hydrogens is 687 g/mol. The van der Waals surface area contributed by atoms with Crippen molar-refractivity contribution in [2.24, 2.45) is 0 Å². The maximum absolute atomic E-state index is 2.53. The van der Waals surface area contributed by atoms with Crippen molar-refractivity contribution in [3.8, 4) is 44.5 Å². The van der Waals surface area contributed by atoms with Crippen molar-refractivity contribution >= 4 is 70.9 Å². The van der Waals surface area contributed by atoms with E-state index in [1.165, 1.54) is 104 Å². The molecule has 0 bridgehead atoms.